The smallest absolute Gasteiger partial charge is 1.00 e. The van der Waals surface area contributed by atoms with Crippen molar-refractivity contribution in [3.05, 3.63) is 29.8 Å². The monoisotopic (exact) mass is 237 g/mol. The van der Waals surface area contributed by atoms with Crippen LogP contribution in [0.4, 0.5) is 0 Å². The first kappa shape index (κ1) is 15.1. The van der Waals surface area contributed by atoms with E-state index in [1.165, 1.54) is 0 Å². The molecule has 15 heavy (non-hydrogen) atoms. The van der Waals surface area contributed by atoms with Crippen LogP contribution in [0.5, 0.6) is 5.75 Å². The van der Waals surface area contributed by atoms with E-state index >= 15 is 0 Å². The summed E-state index contributed by atoms with van der Waals surface area (Å²) in [5.41, 5.74) is 1.25. The Hall–Kier alpha value is 0.0800. The fourth-order valence-corrected chi connectivity index (χ4v) is 1.41. The summed E-state index contributed by atoms with van der Waals surface area (Å²) in [6, 6.07) is 7.19. The zero-order valence-corrected chi connectivity index (χ0v) is 12.4. The third-order valence-corrected chi connectivity index (χ3v) is 2.27. The van der Waals surface area contributed by atoms with Crippen LogP contribution >= 0.6 is 8.25 Å². The second-order valence-electron chi connectivity index (χ2n) is 4.10. The zero-order chi connectivity index (χ0) is 10.8. The summed E-state index contributed by atoms with van der Waals surface area (Å²) < 4.78 is 15.0. The summed E-state index contributed by atoms with van der Waals surface area (Å²) in [5, 5.41) is 0. The Balaban J connectivity index is 0. The summed E-state index contributed by atoms with van der Waals surface area (Å²) in [4.78, 5) is 8.52. The van der Waals surface area contributed by atoms with Gasteiger partial charge in [-0.3, -0.25) is 0 Å². The third kappa shape index (κ3) is 5.10. The van der Waals surface area contributed by atoms with Crippen LogP contribution in [0.1, 0.15) is 27.8 Å². The summed E-state index contributed by atoms with van der Waals surface area (Å²) in [7, 11) is -2.56. The van der Waals surface area contributed by atoms with Gasteiger partial charge in [0.05, 0.1) is 0 Å². The quantitative estimate of drug-likeness (QED) is 0.587. The Bertz CT molecular complexity index is 335. The molecule has 0 spiro atoms. The van der Waals surface area contributed by atoms with Crippen molar-refractivity contribution in [1.82, 2.24) is 0 Å². The molecule has 1 aromatic carbocycles. The molecule has 0 amide bonds. The summed E-state index contributed by atoms with van der Waals surface area (Å²) in [5.74, 6) is 0.418. The second-order valence-corrected chi connectivity index (χ2v) is 4.76. The van der Waals surface area contributed by atoms with Gasteiger partial charge in [0.25, 0.3) is 0 Å². The first-order valence-corrected chi connectivity index (χ1v) is 5.47. The Labute approximate surface area is 115 Å². The SMILES string of the molecule is CC(C)(C)c1ccc(O[P+](=O)O)cc1.[H-].[Na+]. The zero-order valence-electron chi connectivity index (χ0n) is 10.5. The topological polar surface area (TPSA) is 46.5 Å². The number of rotatable bonds is 2. The Kier molecular flexibility index (Phi) is 6.01. The van der Waals surface area contributed by atoms with Gasteiger partial charge in [-0.2, -0.15) is 0 Å². The largest absolute Gasteiger partial charge is 1.00 e. The van der Waals surface area contributed by atoms with Gasteiger partial charge in [0.15, 0.2) is 5.75 Å². The molecule has 0 aliphatic rings. The van der Waals surface area contributed by atoms with Crippen LogP contribution in [0.15, 0.2) is 24.3 Å². The second kappa shape index (κ2) is 5.97. The van der Waals surface area contributed by atoms with Gasteiger partial charge in [0.2, 0.25) is 0 Å². The van der Waals surface area contributed by atoms with Crippen molar-refractivity contribution in [3.63, 3.8) is 0 Å². The van der Waals surface area contributed by atoms with Crippen LogP contribution in [0.3, 0.4) is 0 Å². The minimum atomic E-state index is -2.56. The Morgan fingerprint density at radius 1 is 1.27 bits per heavy atom. The minimum Gasteiger partial charge on any atom is -1.00 e. The van der Waals surface area contributed by atoms with Gasteiger partial charge in [-0.05, 0) is 23.1 Å². The average Bonchev–Trinajstić information content (AvgIpc) is 2.02. The van der Waals surface area contributed by atoms with Crippen LogP contribution in [-0.4, -0.2) is 4.89 Å². The molecule has 0 radical (unpaired) electrons. The molecule has 78 valence electrons. The van der Waals surface area contributed by atoms with Crippen molar-refractivity contribution < 1.29 is 45.0 Å². The van der Waals surface area contributed by atoms with Crippen LogP contribution in [0.2, 0.25) is 0 Å². The molecule has 1 N–H and O–H groups in total. The van der Waals surface area contributed by atoms with Gasteiger partial charge >= 0.3 is 37.8 Å². The van der Waals surface area contributed by atoms with E-state index in [-0.39, 0.29) is 36.4 Å². The minimum absolute atomic E-state index is 0. The molecule has 5 heteroatoms. The number of benzene rings is 1. The molecular weight excluding hydrogens is 222 g/mol. The molecule has 1 aromatic rings. The van der Waals surface area contributed by atoms with Crippen molar-refractivity contribution in [1.29, 1.82) is 0 Å². The van der Waals surface area contributed by atoms with Crippen LogP contribution in [0.25, 0.3) is 0 Å². The Morgan fingerprint density at radius 2 is 1.73 bits per heavy atom. The fraction of sp³-hybridized carbons (Fsp3) is 0.400. The average molecular weight is 237 g/mol. The van der Waals surface area contributed by atoms with Crippen LogP contribution in [0, 0.1) is 0 Å². The molecule has 0 fully saturated rings. The summed E-state index contributed by atoms with van der Waals surface area (Å²) >= 11 is 0. The maximum absolute atomic E-state index is 10.4. The van der Waals surface area contributed by atoms with Crippen molar-refractivity contribution in [2.75, 3.05) is 0 Å². The van der Waals surface area contributed by atoms with E-state index in [4.69, 9.17) is 4.89 Å². The van der Waals surface area contributed by atoms with Gasteiger partial charge in [0.1, 0.15) is 0 Å². The normalized spacial score (nSPS) is 11.6. The molecule has 3 nitrogen and oxygen atoms in total. The van der Waals surface area contributed by atoms with Gasteiger partial charge in [-0.15, -0.1) is 4.89 Å². The summed E-state index contributed by atoms with van der Waals surface area (Å²) in [6.45, 7) is 6.32. The van der Waals surface area contributed by atoms with E-state index in [9.17, 15) is 4.57 Å². The van der Waals surface area contributed by atoms with E-state index in [0.29, 0.717) is 5.75 Å². The van der Waals surface area contributed by atoms with Crippen molar-refractivity contribution >= 4 is 8.25 Å². The number of hydrogen-bond donors (Lipinski definition) is 1. The molecule has 1 rings (SSSR count). The first-order valence-electron chi connectivity index (χ1n) is 4.34. The fourth-order valence-electron chi connectivity index (χ4n) is 1.11. The van der Waals surface area contributed by atoms with Gasteiger partial charge < -0.3 is 1.43 Å². The van der Waals surface area contributed by atoms with E-state index in [0.717, 1.165) is 5.56 Å². The molecule has 0 heterocycles. The van der Waals surface area contributed by atoms with Crippen LogP contribution in [-0.2, 0) is 9.98 Å². The summed E-state index contributed by atoms with van der Waals surface area (Å²) in [6.07, 6.45) is 0. The van der Waals surface area contributed by atoms with Crippen molar-refractivity contribution in [2.24, 2.45) is 0 Å². The molecule has 0 aliphatic heterocycles. The maximum atomic E-state index is 10.4. The van der Waals surface area contributed by atoms with Gasteiger partial charge in [-0.1, -0.05) is 32.9 Å². The molecule has 0 aromatic heterocycles. The predicted molar refractivity (Wildman–Crippen MR) is 56.7 cm³/mol. The molecule has 1 unspecified atom stereocenters. The molecule has 0 bridgehead atoms. The van der Waals surface area contributed by atoms with E-state index in [2.05, 4.69) is 25.3 Å². The molecule has 1 atom stereocenters. The number of hydrogen-bond acceptors (Lipinski definition) is 2. The van der Waals surface area contributed by atoms with Crippen molar-refractivity contribution in [2.45, 2.75) is 26.2 Å². The van der Waals surface area contributed by atoms with Gasteiger partial charge in [0, 0.05) is 4.57 Å². The predicted octanol–water partition coefficient (Wildman–Crippen LogP) is 0.129. The Morgan fingerprint density at radius 3 is 2.07 bits per heavy atom. The van der Waals surface area contributed by atoms with E-state index in [1.54, 1.807) is 12.1 Å². The first-order chi connectivity index (χ1) is 6.39. The molecular formula is C10H15NaO3P+. The van der Waals surface area contributed by atoms with Gasteiger partial charge in [-0.25, -0.2) is 4.52 Å². The molecule has 0 aliphatic carbocycles. The third-order valence-electron chi connectivity index (χ3n) is 1.90. The van der Waals surface area contributed by atoms with Crippen LogP contribution < -0.4 is 34.1 Å². The maximum Gasteiger partial charge on any atom is 1.00 e. The molecule has 0 saturated heterocycles. The van der Waals surface area contributed by atoms with E-state index < -0.39 is 8.25 Å². The van der Waals surface area contributed by atoms with E-state index in [1.807, 2.05) is 12.1 Å². The standard InChI is InChI=1S/C10H13O3P.Na.H/c1-10(2,3)8-4-6-9(7-5-8)13-14(11)12;;/h4-7H,1-3H3;;/q;+1;-1/p+1. The molecule has 0 saturated carbocycles. The van der Waals surface area contributed by atoms with Crippen molar-refractivity contribution in [3.8, 4) is 5.75 Å².